The van der Waals surface area contributed by atoms with Crippen molar-refractivity contribution in [3.05, 3.63) is 34.1 Å². The van der Waals surface area contributed by atoms with Gasteiger partial charge in [-0.2, -0.15) is 0 Å². The molecule has 1 heterocycles. The molecular weight excluding hydrogens is 343 g/mol. The fourth-order valence-electron chi connectivity index (χ4n) is 1.94. The molecule has 19 heavy (non-hydrogen) atoms. The molecule has 1 aliphatic rings. The van der Waals surface area contributed by atoms with Crippen LogP contribution in [0.4, 0.5) is 13.2 Å². The lowest BCUT2D eigenvalue weighted by atomic mass is 9.98. The van der Waals surface area contributed by atoms with Crippen LogP contribution in [-0.4, -0.2) is 23.6 Å². The van der Waals surface area contributed by atoms with Crippen LogP contribution in [0.1, 0.15) is 18.5 Å². The van der Waals surface area contributed by atoms with Gasteiger partial charge < -0.3 is 10.1 Å². The van der Waals surface area contributed by atoms with E-state index in [1.165, 1.54) is 18.2 Å². The predicted octanol–water partition coefficient (Wildman–Crippen LogP) is 3.60. The van der Waals surface area contributed by atoms with Crippen LogP contribution < -0.4 is 5.32 Å². The quantitative estimate of drug-likeness (QED) is 0.821. The van der Waals surface area contributed by atoms with Crippen LogP contribution >= 0.6 is 28.1 Å². The number of benzene rings is 1. The van der Waals surface area contributed by atoms with Gasteiger partial charge in [0, 0.05) is 10.0 Å². The van der Waals surface area contributed by atoms with E-state index < -0.39 is 30.5 Å². The number of hydrogen-bond donors (Lipinski definition) is 1. The molecule has 0 aliphatic carbocycles. The van der Waals surface area contributed by atoms with Crippen molar-refractivity contribution in [2.24, 2.45) is 0 Å². The standard InChI is InChI=1S/C12H11BrF3NOS/c1-5-12(19)17-9(10(18-5)11(15)16)7-4-6(13)2-3-8(7)14/h2-5,9-11H,1H3,(H,17,19). The third-order valence-corrected chi connectivity index (χ3v) is 3.84. The van der Waals surface area contributed by atoms with Gasteiger partial charge in [0.25, 0.3) is 6.43 Å². The highest BCUT2D eigenvalue weighted by atomic mass is 79.9. The van der Waals surface area contributed by atoms with Gasteiger partial charge in [0.1, 0.15) is 23.0 Å². The summed E-state index contributed by atoms with van der Waals surface area (Å²) in [4.78, 5) is 0.293. The predicted molar refractivity (Wildman–Crippen MR) is 72.9 cm³/mol. The fraction of sp³-hybridized carbons (Fsp3) is 0.417. The zero-order valence-corrected chi connectivity index (χ0v) is 12.3. The molecule has 0 aromatic heterocycles. The van der Waals surface area contributed by atoms with Crippen molar-refractivity contribution in [1.29, 1.82) is 0 Å². The second-order valence-electron chi connectivity index (χ2n) is 4.23. The summed E-state index contributed by atoms with van der Waals surface area (Å²) in [5, 5.41) is 2.75. The maximum atomic E-state index is 13.8. The van der Waals surface area contributed by atoms with Crippen molar-refractivity contribution in [2.45, 2.75) is 31.6 Å². The Morgan fingerprint density at radius 1 is 1.42 bits per heavy atom. The van der Waals surface area contributed by atoms with Crippen LogP contribution in [0.25, 0.3) is 0 Å². The molecule has 0 bridgehead atoms. The Morgan fingerprint density at radius 3 is 2.74 bits per heavy atom. The van der Waals surface area contributed by atoms with E-state index in [0.717, 1.165) is 0 Å². The molecule has 1 aromatic carbocycles. The number of ether oxygens (including phenoxy) is 1. The number of alkyl halides is 2. The number of rotatable bonds is 2. The number of halogens is 4. The van der Waals surface area contributed by atoms with Gasteiger partial charge in [0.2, 0.25) is 0 Å². The number of nitrogens with one attached hydrogen (secondary N) is 1. The van der Waals surface area contributed by atoms with Crippen LogP contribution in [0.15, 0.2) is 22.7 Å². The zero-order valence-electron chi connectivity index (χ0n) is 9.87. The van der Waals surface area contributed by atoms with E-state index in [1.807, 2.05) is 0 Å². The van der Waals surface area contributed by atoms with Gasteiger partial charge >= 0.3 is 0 Å². The minimum atomic E-state index is -2.73. The summed E-state index contributed by atoms with van der Waals surface area (Å²) in [6, 6.07) is 3.16. The Morgan fingerprint density at radius 2 is 2.11 bits per heavy atom. The van der Waals surface area contributed by atoms with E-state index in [2.05, 4.69) is 21.2 Å². The van der Waals surface area contributed by atoms with E-state index in [9.17, 15) is 13.2 Å². The Kier molecular flexibility index (Phi) is 4.47. The fourth-order valence-corrected chi connectivity index (χ4v) is 2.50. The summed E-state index contributed by atoms with van der Waals surface area (Å²) in [7, 11) is 0. The maximum Gasteiger partial charge on any atom is 0.266 e. The molecule has 2 nitrogen and oxygen atoms in total. The smallest absolute Gasteiger partial charge is 0.266 e. The topological polar surface area (TPSA) is 21.3 Å². The van der Waals surface area contributed by atoms with E-state index in [-0.39, 0.29) is 5.56 Å². The first kappa shape index (κ1) is 14.7. The third kappa shape index (κ3) is 3.09. The van der Waals surface area contributed by atoms with Gasteiger partial charge in [0.15, 0.2) is 0 Å². The monoisotopic (exact) mass is 353 g/mol. The molecule has 0 spiro atoms. The molecule has 1 aliphatic heterocycles. The van der Waals surface area contributed by atoms with Gasteiger partial charge in [-0.3, -0.25) is 0 Å². The summed E-state index contributed by atoms with van der Waals surface area (Å²) in [6.45, 7) is 1.58. The number of morpholine rings is 1. The SMILES string of the molecule is CC1OC(C(F)F)C(c2cc(Br)ccc2F)NC1=S. The number of hydrogen-bond acceptors (Lipinski definition) is 2. The van der Waals surface area contributed by atoms with E-state index in [1.54, 1.807) is 6.92 Å². The second kappa shape index (κ2) is 5.76. The van der Waals surface area contributed by atoms with E-state index >= 15 is 0 Å². The van der Waals surface area contributed by atoms with Crippen LogP contribution in [0.3, 0.4) is 0 Å². The summed E-state index contributed by atoms with van der Waals surface area (Å²) in [6.07, 6.45) is -4.78. The lowest BCUT2D eigenvalue weighted by molar-refractivity contribution is -0.0947. The molecular formula is C12H11BrF3NOS. The lowest BCUT2D eigenvalue weighted by Crippen LogP contribution is -2.52. The van der Waals surface area contributed by atoms with E-state index in [0.29, 0.717) is 9.46 Å². The van der Waals surface area contributed by atoms with Crippen molar-refractivity contribution >= 4 is 33.1 Å². The van der Waals surface area contributed by atoms with Gasteiger partial charge in [-0.1, -0.05) is 28.1 Å². The van der Waals surface area contributed by atoms with Gasteiger partial charge in [-0.05, 0) is 25.1 Å². The molecule has 0 amide bonds. The molecule has 7 heteroatoms. The van der Waals surface area contributed by atoms with Crippen LogP contribution in [0.5, 0.6) is 0 Å². The lowest BCUT2D eigenvalue weighted by Gasteiger charge is -2.37. The Bertz CT molecular complexity index is 500. The van der Waals surface area contributed by atoms with Crippen LogP contribution in [0.2, 0.25) is 0 Å². The molecule has 0 radical (unpaired) electrons. The molecule has 1 N–H and O–H groups in total. The summed E-state index contributed by atoms with van der Waals surface area (Å²) in [5.41, 5.74) is 0.105. The Balaban J connectivity index is 2.39. The van der Waals surface area contributed by atoms with Gasteiger partial charge in [-0.15, -0.1) is 0 Å². The average Bonchev–Trinajstić information content (AvgIpc) is 2.35. The molecule has 3 unspecified atom stereocenters. The van der Waals surface area contributed by atoms with Gasteiger partial charge in [-0.25, -0.2) is 13.2 Å². The third-order valence-electron chi connectivity index (χ3n) is 2.90. The highest BCUT2D eigenvalue weighted by Crippen LogP contribution is 2.32. The van der Waals surface area contributed by atoms with E-state index in [4.69, 9.17) is 17.0 Å². The molecule has 2 rings (SSSR count). The second-order valence-corrected chi connectivity index (χ2v) is 5.58. The largest absolute Gasteiger partial charge is 0.368 e. The van der Waals surface area contributed by atoms with Crippen molar-refractivity contribution in [1.82, 2.24) is 5.32 Å². The maximum absolute atomic E-state index is 13.8. The molecule has 104 valence electrons. The van der Waals surface area contributed by atoms with Gasteiger partial charge in [0.05, 0.1) is 6.04 Å². The zero-order chi connectivity index (χ0) is 14.2. The molecule has 1 aromatic rings. The van der Waals surface area contributed by atoms with Crippen molar-refractivity contribution < 1.29 is 17.9 Å². The minimum Gasteiger partial charge on any atom is -0.368 e. The minimum absolute atomic E-state index is 0.105. The first-order chi connectivity index (χ1) is 8.90. The summed E-state index contributed by atoms with van der Waals surface area (Å²) in [5.74, 6) is -0.577. The van der Waals surface area contributed by atoms with Crippen LogP contribution in [-0.2, 0) is 4.74 Å². The van der Waals surface area contributed by atoms with Crippen molar-refractivity contribution in [2.75, 3.05) is 0 Å². The van der Waals surface area contributed by atoms with Crippen molar-refractivity contribution in [3.63, 3.8) is 0 Å². The molecule has 0 saturated carbocycles. The summed E-state index contributed by atoms with van der Waals surface area (Å²) >= 11 is 8.20. The Hall–Kier alpha value is -0.660. The molecule has 1 fully saturated rings. The number of thiocarbonyl (C=S) groups is 1. The Labute approximate surface area is 122 Å². The molecule has 3 atom stereocenters. The first-order valence-electron chi connectivity index (χ1n) is 5.59. The highest BCUT2D eigenvalue weighted by Gasteiger charge is 2.40. The summed E-state index contributed by atoms with van der Waals surface area (Å²) < 4.78 is 45.7. The highest BCUT2D eigenvalue weighted by molar-refractivity contribution is 9.10. The average molecular weight is 354 g/mol. The van der Waals surface area contributed by atoms with Crippen molar-refractivity contribution in [3.8, 4) is 0 Å². The first-order valence-corrected chi connectivity index (χ1v) is 6.79. The molecule has 1 saturated heterocycles. The normalized spacial score (nSPS) is 27.5. The van der Waals surface area contributed by atoms with Crippen LogP contribution in [0, 0.1) is 5.82 Å².